The van der Waals surface area contributed by atoms with Crippen molar-refractivity contribution in [2.24, 2.45) is 0 Å². The third-order valence-electron chi connectivity index (χ3n) is 2.81. The first-order valence-corrected chi connectivity index (χ1v) is 5.38. The number of carbonyl (C=O) groups is 1. The molecule has 2 heterocycles. The van der Waals surface area contributed by atoms with Gasteiger partial charge < -0.3 is 15.0 Å². The minimum atomic E-state index is -0.244. The number of amides is 1. The SMILES string of the molecule is O=C(c1ccc[nH]1)N1CCCC(O)CC1. The Kier molecular flexibility index (Phi) is 3.06. The molecule has 0 aromatic carbocycles. The predicted octanol–water partition coefficient (Wildman–Crippen LogP) is 1.00. The van der Waals surface area contributed by atoms with E-state index < -0.39 is 0 Å². The van der Waals surface area contributed by atoms with Crippen LogP contribution in [0.25, 0.3) is 0 Å². The number of nitrogens with one attached hydrogen (secondary N) is 1. The fourth-order valence-corrected chi connectivity index (χ4v) is 1.92. The average Bonchev–Trinajstić information content (AvgIpc) is 2.67. The maximum atomic E-state index is 11.9. The van der Waals surface area contributed by atoms with E-state index in [1.54, 1.807) is 12.3 Å². The lowest BCUT2D eigenvalue weighted by molar-refractivity contribution is 0.0748. The molecule has 0 spiro atoms. The zero-order valence-corrected chi connectivity index (χ0v) is 8.65. The number of hydrogen-bond donors (Lipinski definition) is 2. The van der Waals surface area contributed by atoms with E-state index in [1.807, 2.05) is 11.0 Å². The number of H-pyrrole nitrogens is 1. The molecule has 0 bridgehead atoms. The van der Waals surface area contributed by atoms with Gasteiger partial charge in [0.05, 0.1) is 6.10 Å². The topological polar surface area (TPSA) is 56.3 Å². The monoisotopic (exact) mass is 208 g/mol. The molecule has 1 atom stereocenters. The van der Waals surface area contributed by atoms with Crippen LogP contribution < -0.4 is 0 Å². The molecular formula is C11H16N2O2. The van der Waals surface area contributed by atoms with Crippen LogP contribution in [0.4, 0.5) is 0 Å². The number of aliphatic hydroxyl groups is 1. The highest BCUT2D eigenvalue weighted by atomic mass is 16.3. The zero-order chi connectivity index (χ0) is 10.7. The molecule has 1 aromatic rings. The molecule has 2 rings (SSSR count). The first-order chi connectivity index (χ1) is 7.27. The van der Waals surface area contributed by atoms with Crippen LogP contribution in [0, 0.1) is 0 Å². The summed E-state index contributed by atoms with van der Waals surface area (Å²) >= 11 is 0. The van der Waals surface area contributed by atoms with Crippen LogP contribution in [-0.2, 0) is 0 Å². The average molecular weight is 208 g/mol. The normalized spacial score (nSPS) is 22.5. The van der Waals surface area contributed by atoms with Crippen molar-refractivity contribution in [3.05, 3.63) is 24.0 Å². The van der Waals surface area contributed by atoms with Crippen LogP contribution in [-0.4, -0.2) is 40.1 Å². The van der Waals surface area contributed by atoms with Gasteiger partial charge in [0.25, 0.3) is 5.91 Å². The summed E-state index contributed by atoms with van der Waals surface area (Å²) in [5.74, 6) is 0.0362. The Labute approximate surface area is 88.9 Å². The van der Waals surface area contributed by atoms with Crippen molar-refractivity contribution in [3.63, 3.8) is 0 Å². The van der Waals surface area contributed by atoms with Gasteiger partial charge in [0.1, 0.15) is 5.69 Å². The van der Waals surface area contributed by atoms with E-state index in [9.17, 15) is 9.90 Å². The Bertz CT molecular complexity index is 321. The fourth-order valence-electron chi connectivity index (χ4n) is 1.92. The second-order valence-corrected chi connectivity index (χ2v) is 3.96. The molecule has 1 fully saturated rings. The molecule has 4 nitrogen and oxygen atoms in total. The number of aromatic amines is 1. The standard InChI is InChI=1S/C11H16N2O2/c14-9-3-2-7-13(8-5-9)11(15)10-4-1-6-12-10/h1,4,6,9,12,14H,2-3,5,7-8H2. The summed E-state index contributed by atoms with van der Waals surface area (Å²) in [5, 5.41) is 9.47. The molecule has 1 unspecified atom stereocenters. The summed E-state index contributed by atoms with van der Waals surface area (Å²) < 4.78 is 0. The Morgan fingerprint density at radius 2 is 2.33 bits per heavy atom. The molecule has 0 aliphatic carbocycles. The first-order valence-electron chi connectivity index (χ1n) is 5.38. The van der Waals surface area contributed by atoms with E-state index in [2.05, 4.69) is 4.98 Å². The molecule has 1 saturated heterocycles. The van der Waals surface area contributed by atoms with E-state index >= 15 is 0 Å². The lowest BCUT2D eigenvalue weighted by Gasteiger charge is -2.19. The van der Waals surface area contributed by atoms with Gasteiger partial charge in [-0.25, -0.2) is 0 Å². The van der Waals surface area contributed by atoms with Crippen LogP contribution >= 0.6 is 0 Å². The number of carbonyl (C=O) groups excluding carboxylic acids is 1. The van der Waals surface area contributed by atoms with Gasteiger partial charge in [-0.15, -0.1) is 0 Å². The summed E-state index contributed by atoms with van der Waals surface area (Å²) in [4.78, 5) is 16.7. The number of nitrogens with zero attached hydrogens (tertiary/aromatic N) is 1. The maximum absolute atomic E-state index is 11.9. The number of hydrogen-bond acceptors (Lipinski definition) is 2. The Balaban J connectivity index is 2.01. The van der Waals surface area contributed by atoms with Crippen LogP contribution in [0.2, 0.25) is 0 Å². The van der Waals surface area contributed by atoms with Gasteiger partial charge in [0, 0.05) is 19.3 Å². The molecule has 1 aliphatic rings. The fraction of sp³-hybridized carbons (Fsp3) is 0.545. The number of likely N-dealkylation sites (tertiary alicyclic amines) is 1. The molecular weight excluding hydrogens is 192 g/mol. The molecule has 4 heteroatoms. The maximum Gasteiger partial charge on any atom is 0.270 e. The number of aliphatic hydroxyl groups excluding tert-OH is 1. The zero-order valence-electron chi connectivity index (χ0n) is 8.65. The van der Waals surface area contributed by atoms with Gasteiger partial charge in [-0.05, 0) is 31.4 Å². The van der Waals surface area contributed by atoms with Crippen molar-refractivity contribution in [1.29, 1.82) is 0 Å². The lowest BCUT2D eigenvalue weighted by Crippen LogP contribution is -2.32. The molecule has 1 aliphatic heterocycles. The van der Waals surface area contributed by atoms with Crippen molar-refractivity contribution >= 4 is 5.91 Å². The van der Waals surface area contributed by atoms with Gasteiger partial charge in [-0.1, -0.05) is 0 Å². The summed E-state index contributed by atoms with van der Waals surface area (Å²) in [6.45, 7) is 1.40. The van der Waals surface area contributed by atoms with Crippen molar-refractivity contribution < 1.29 is 9.90 Å². The van der Waals surface area contributed by atoms with Gasteiger partial charge in [0.15, 0.2) is 0 Å². The third-order valence-corrected chi connectivity index (χ3v) is 2.81. The van der Waals surface area contributed by atoms with Crippen LogP contribution in [0.5, 0.6) is 0 Å². The molecule has 0 saturated carbocycles. The second-order valence-electron chi connectivity index (χ2n) is 3.96. The summed E-state index contributed by atoms with van der Waals surface area (Å²) in [6, 6.07) is 3.60. The van der Waals surface area contributed by atoms with Crippen molar-refractivity contribution in [2.75, 3.05) is 13.1 Å². The lowest BCUT2D eigenvalue weighted by atomic mass is 10.2. The van der Waals surface area contributed by atoms with E-state index in [0.29, 0.717) is 18.7 Å². The summed E-state index contributed by atoms with van der Waals surface area (Å²) in [5.41, 5.74) is 0.631. The minimum absolute atomic E-state index is 0.0362. The van der Waals surface area contributed by atoms with E-state index in [-0.39, 0.29) is 12.0 Å². The van der Waals surface area contributed by atoms with Crippen LogP contribution in [0.1, 0.15) is 29.8 Å². The highest BCUT2D eigenvalue weighted by Gasteiger charge is 2.20. The van der Waals surface area contributed by atoms with Crippen molar-refractivity contribution in [1.82, 2.24) is 9.88 Å². The van der Waals surface area contributed by atoms with Gasteiger partial charge in [-0.2, -0.15) is 0 Å². The number of aromatic nitrogens is 1. The second kappa shape index (κ2) is 4.49. The van der Waals surface area contributed by atoms with Gasteiger partial charge >= 0.3 is 0 Å². The largest absolute Gasteiger partial charge is 0.393 e. The van der Waals surface area contributed by atoms with E-state index in [4.69, 9.17) is 0 Å². The van der Waals surface area contributed by atoms with E-state index in [1.165, 1.54) is 0 Å². The van der Waals surface area contributed by atoms with Gasteiger partial charge in [-0.3, -0.25) is 4.79 Å². The van der Waals surface area contributed by atoms with Gasteiger partial charge in [0.2, 0.25) is 0 Å². The Hall–Kier alpha value is -1.29. The van der Waals surface area contributed by atoms with E-state index in [0.717, 1.165) is 19.4 Å². The molecule has 1 amide bonds. The molecule has 15 heavy (non-hydrogen) atoms. The van der Waals surface area contributed by atoms with Crippen molar-refractivity contribution in [3.8, 4) is 0 Å². The minimum Gasteiger partial charge on any atom is -0.393 e. The molecule has 0 radical (unpaired) electrons. The van der Waals surface area contributed by atoms with Crippen LogP contribution in [0.3, 0.4) is 0 Å². The molecule has 1 aromatic heterocycles. The predicted molar refractivity (Wildman–Crippen MR) is 56.6 cm³/mol. The number of rotatable bonds is 1. The quantitative estimate of drug-likeness (QED) is 0.723. The molecule has 2 N–H and O–H groups in total. The highest BCUT2D eigenvalue weighted by molar-refractivity contribution is 5.92. The highest BCUT2D eigenvalue weighted by Crippen LogP contribution is 2.13. The summed E-state index contributed by atoms with van der Waals surface area (Å²) in [7, 11) is 0. The molecule has 82 valence electrons. The smallest absolute Gasteiger partial charge is 0.270 e. The Morgan fingerprint density at radius 1 is 1.47 bits per heavy atom. The summed E-state index contributed by atoms with van der Waals surface area (Å²) in [6.07, 6.45) is 3.88. The van der Waals surface area contributed by atoms with Crippen LogP contribution in [0.15, 0.2) is 18.3 Å². The Morgan fingerprint density at radius 3 is 3.07 bits per heavy atom. The van der Waals surface area contributed by atoms with Crippen molar-refractivity contribution in [2.45, 2.75) is 25.4 Å². The first kappa shape index (κ1) is 10.2. The third kappa shape index (κ3) is 2.39.